The SMILES string of the molecule is CCNC(=NCc1ccnn1C)NCCOCC(C)C. The molecule has 0 aliphatic rings. The summed E-state index contributed by atoms with van der Waals surface area (Å²) < 4.78 is 7.37. The molecule has 0 unspecified atom stereocenters. The first kappa shape index (κ1) is 16.5. The lowest BCUT2D eigenvalue weighted by molar-refractivity contribution is 0.114. The van der Waals surface area contributed by atoms with Crippen LogP contribution >= 0.6 is 0 Å². The van der Waals surface area contributed by atoms with Gasteiger partial charge in [0.05, 0.1) is 18.8 Å². The molecule has 6 heteroatoms. The number of nitrogens with one attached hydrogen (secondary N) is 2. The van der Waals surface area contributed by atoms with E-state index in [1.54, 1.807) is 6.20 Å². The van der Waals surface area contributed by atoms with Crippen molar-refractivity contribution in [2.24, 2.45) is 18.0 Å². The van der Waals surface area contributed by atoms with Crippen molar-refractivity contribution in [2.75, 3.05) is 26.3 Å². The lowest BCUT2D eigenvalue weighted by Crippen LogP contribution is -2.39. The van der Waals surface area contributed by atoms with Crippen LogP contribution in [-0.4, -0.2) is 42.0 Å². The standard InChI is InChI=1S/C14H27N5O/c1-5-15-14(16-8-9-20-11-12(2)3)17-10-13-6-7-18-19(13)4/h6-7,12H,5,8-11H2,1-4H3,(H2,15,16,17). The molecule has 1 heterocycles. The third kappa shape index (κ3) is 6.56. The smallest absolute Gasteiger partial charge is 0.191 e. The number of aromatic nitrogens is 2. The van der Waals surface area contributed by atoms with E-state index in [-0.39, 0.29) is 0 Å². The second-order valence-corrected chi connectivity index (χ2v) is 5.04. The van der Waals surface area contributed by atoms with Crippen molar-refractivity contribution in [3.63, 3.8) is 0 Å². The summed E-state index contributed by atoms with van der Waals surface area (Å²) in [5.41, 5.74) is 1.08. The fourth-order valence-electron chi connectivity index (χ4n) is 1.62. The number of aryl methyl sites for hydroxylation is 1. The van der Waals surface area contributed by atoms with E-state index in [2.05, 4.69) is 41.5 Å². The predicted molar refractivity (Wildman–Crippen MR) is 81.7 cm³/mol. The molecule has 0 amide bonds. The molecule has 0 aliphatic carbocycles. The molecular formula is C14H27N5O. The van der Waals surface area contributed by atoms with Gasteiger partial charge in [-0.05, 0) is 18.9 Å². The van der Waals surface area contributed by atoms with Gasteiger partial charge in [-0.2, -0.15) is 5.10 Å². The lowest BCUT2D eigenvalue weighted by atomic mass is 10.2. The molecule has 1 aromatic rings. The van der Waals surface area contributed by atoms with Crippen molar-refractivity contribution in [1.82, 2.24) is 20.4 Å². The van der Waals surface area contributed by atoms with Crippen molar-refractivity contribution in [3.05, 3.63) is 18.0 Å². The van der Waals surface area contributed by atoms with Crippen molar-refractivity contribution < 1.29 is 4.74 Å². The Bertz CT molecular complexity index is 400. The molecule has 0 saturated heterocycles. The van der Waals surface area contributed by atoms with Crippen molar-refractivity contribution in [3.8, 4) is 0 Å². The normalized spacial score (nSPS) is 11.9. The van der Waals surface area contributed by atoms with Crippen molar-refractivity contribution in [1.29, 1.82) is 0 Å². The van der Waals surface area contributed by atoms with Crippen LogP contribution in [0.1, 0.15) is 26.5 Å². The van der Waals surface area contributed by atoms with E-state index in [0.29, 0.717) is 19.1 Å². The molecule has 0 saturated carbocycles. The van der Waals surface area contributed by atoms with Gasteiger partial charge in [0.1, 0.15) is 0 Å². The predicted octanol–water partition coefficient (Wildman–Crippen LogP) is 1.15. The van der Waals surface area contributed by atoms with E-state index in [4.69, 9.17) is 4.74 Å². The molecule has 0 aromatic carbocycles. The molecule has 20 heavy (non-hydrogen) atoms. The number of aliphatic imine (C=N–C) groups is 1. The first-order valence-corrected chi connectivity index (χ1v) is 7.20. The van der Waals surface area contributed by atoms with Gasteiger partial charge in [0.25, 0.3) is 0 Å². The first-order chi connectivity index (χ1) is 9.63. The van der Waals surface area contributed by atoms with Crippen LogP contribution in [0.5, 0.6) is 0 Å². The molecule has 114 valence electrons. The van der Waals surface area contributed by atoms with Crippen LogP contribution in [0.4, 0.5) is 0 Å². The van der Waals surface area contributed by atoms with E-state index in [1.807, 2.05) is 17.8 Å². The number of rotatable bonds is 8. The van der Waals surface area contributed by atoms with Crippen LogP contribution in [0.15, 0.2) is 17.3 Å². The van der Waals surface area contributed by atoms with Gasteiger partial charge >= 0.3 is 0 Å². The number of hydrogen-bond donors (Lipinski definition) is 2. The number of guanidine groups is 1. The average molecular weight is 281 g/mol. The number of nitrogens with zero attached hydrogens (tertiary/aromatic N) is 3. The van der Waals surface area contributed by atoms with Gasteiger partial charge < -0.3 is 15.4 Å². The Morgan fingerprint density at radius 2 is 2.25 bits per heavy atom. The maximum Gasteiger partial charge on any atom is 0.191 e. The quantitative estimate of drug-likeness (QED) is 0.426. The largest absolute Gasteiger partial charge is 0.379 e. The van der Waals surface area contributed by atoms with Crippen LogP contribution in [0.2, 0.25) is 0 Å². The van der Waals surface area contributed by atoms with Crippen molar-refractivity contribution in [2.45, 2.75) is 27.3 Å². The van der Waals surface area contributed by atoms with E-state index >= 15 is 0 Å². The summed E-state index contributed by atoms with van der Waals surface area (Å²) in [5, 5.41) is 10.6. The summed E-state index contributed by atoms with van der Waals surface area (Å²) in [5.74, 6) is 1.38. The number of hydrogen-bond acceptors (Lipinski definition) is 3. The maximum atomic E-state index is 5.53. The lowest BCUT2D eigenvalue weighted by Gasteiger charge is -2.12. The van der Waals surface area contributed by atoms with Gasteiger partial charge in [-0.1, -0.05) is 13.8 Å². The number of ether oxygens (including phenoxy) is 1. The summed E-state index contributed by atoms with van der Waals surface area (Å²) in [6.45, 7) is 10.0. The molecular weight excluding hydrogens is 254 g/mol. The van der Waals surface area contributed by atoms with Crippen LogP contribution in [0, 0.1) is 5.92 Å². The highest BCUT2D eigenvalue weighted by atomic mass is 16.5. The van der Waals surface area contributed by atoms with Gasteiger partial charge in [-0.25, -0.2) is 4.99 Å². The van der Waals surface area contributed by atoms with Gasteiger partial charge in [0, 0.05) is 32.9 Å². The summed E-state index contributed by atoms with van der Waals surface area (Å²) in [6, 6.07) is 1.97. The summed E-state index contributed by atoms with van der Waals surface area (Å²) >= 11 is 0. The van der Waals surface area contributed by atoms with E-state index in [1.165, 1.54) is 0 Å². The van der Waals surface area contributed by atoms with Gasteiger partial charge in [-0.15, -0.1) is 0 Å². The minimum absolute atomic E-state index is 0.571. The van der Waals surface area contributed by atoms with E-state index in [9.17, 15) is 0 Å². The third-order valence-electron chi connectivity index (χ3n) is 2.66. The Kier molecular flexibility index (Phi) is 7.72. The van der Waals surface area contributed by atoms with E-state index < -0.39 is 0 Å². The fourth-order valence-corrected chi connectivity index (χ4v) is 1.62. The molecule has 0 radical (unpaired) electrons. The first-order valence-electron chi connectivity index (χ1n) is 7.20. The highest BCUT2D eigenvalue weighted by Crippen LogP contribution is 1.98. The zero-order valence-electron chi connectivity index (χ0n) is 13.0. The van der Waals surface area contributed by atoms with Crippen molar-refractivity contribution >= 4 is 5.96 Å². The zero-order chi connectivity index (χ0) is 14.8. The molecule has 0 fully saturated rings. The fraction of sp³-hybridized carbons (Fsp3) is 0.714. The van der Waals surface area contributed by atoms with Gasteiger partial charge in [-0.3, -0.25) is 4.68 Å². The second-order valence-electron chi connectivity index (χ2n) is 5.04. The van der Waals surface area contributed by atoms with Crippen LogP contribution in [0.25, 0.3) is 0 Å². The Labute approximate surface area is 121 Å². The van der Waals surface area contributed by atoms with E-state index in [0.717, 1.165) is 31.3 Å². The summed E-state index contributed by atoms with van der Waals surface area (Å²) in [4.78, 5) is 4.53. The molecule has 0 spiro atoms. The molecule has 1 rings (SSSR count). The monoisotopic (exact) mass is 281 g/mol. The summed E-state index contributed by atoms with van der Waals surface area (Å²) in [7, 11) is 1.92. The molecule has 1 aromatic heterocycles. The average Bonchev–Trinajstić information content (AvgIpc) is 2.80. The minimum Gasteiger partial charge on any atom is -0.379 e. The minimum atomic E-state index is 0.571. The molecule has 0 bridgehead atoms. The van der Waals surface area contributed by atoms with Crippen LogP contribution in [0.3, 0.4) is 0 Å². The van der Waals surface area contributed by atoms with Gasteiger partial charge in [0.15, 0.2) is 5.96 Å². The van der Waals surface area contributed by atoms with Gasteiger partial charge in [0.2, 0.25) is 0 Å². The summed E-state index contributed by atoms with van der Waals surface area (Å²) in [6.07, 6.45) is 1.78. The van der Waals surface area contributed by atoms with Crippen LogP contribution in [-0.2, 0) is 18.3 Å². The Morgan fingerprint density at radius 3 is 2.85 bits per heavy atom. The zero-order valence-corrected chi connectivity index (χ0v) is 13.0. The highest BCUT2D eigenvalue weighted by Gasteiger charge is 2.00. The van der Waals surface area contributed by atoms with Crippen LogP contribution < -0.4 is 10.6 Å². The molecule has 0 atom stereocenters. The molecule has 2 N–H and O–H groups in total. The Balaban J connectivity index is 2.34. The highest BCUT2D eigenvalue weighted by molar-refractivity contribution is 5.79. The molecule has 6 nitrogen and oxygen atoms in total. The molecule has 0 aliphatic heterocycles. The maximum absolute atomic E-state index is 5.53. The topological polar surface area (TPSA) is 63.5 Å². The Hall–Kier alpha value is -1.56. The third-order valence-corrected chi connectivity index (χ3v) is 2.66. The second kappa shape index (κ2) is 9.36. The Morgan fingerprint density at radius 1 is 1.45 bits per heavy atom.